The van der Waals surface area contributed by atoms with Crippen LogP contribution in [-0.4, -0.2) is 30.6 Å². The van der Waals surface area contributed by atoms with E-state index in [9.17, 15) is 9.18 Å². The summed E-state index contributed by atoms with van der Waals surface area (Å²) >= 11 is 0. The van der Waals surface area contributed by atoms with E-state index in [0.29, 0.717) is 18.6 Å². The number of halogens is 1. The molecule has 116 valence electrons. The second-order valence-corrected chi connectivity index (χ2v) is 5.63. The van der Waals surface area contributed by atoms with Crippen LogP contribution in [0.4, 0.5) is 4.39 Å². The maximum absolute atomic E-state index is 13.5. The maximum atomic E-state index is 13.5. The van der Waals surface area contributed by atoms with Crippen molar-refractivity contribution in [2.45, 2.75) is 45.6 Å². The van der Waals surface area contributed by atoms with E-state index in [-0.39, 0.29) is 17.8 Å². The molecule has 1 aliphatic rings. The maximum Gasteiger partial charge on any atom is 0.307 e. The van der Waals surface area contributed by atoms with E-state index in [1.165, 1.54) is 12.5 Å². The molecule has 4 heteroatoms. The molecule has 1 atom stereocenters. The Kier molecular flexibility index (Phi) is 5.74. The second-order valence-electron chi connectivity index (χ2n) is 5.63. The Morgan fingerprint density at radius 3 is 2.67 bits per heavy atom. The molecule has 0 aliphatic carbocycles. The molecule has 2 rings (SSSR count). The lowest BCUT2D eigenvalue weighted by atomic mass is 9.97. The lowest BCUT2D eigenvalue weighted by molar-refractivity contribution is -0.144. The number of hydrogen-bond donors (Lipinski definition) is 0. The Morgan fingerprint density at radius 2 is 2.05 bits per heavy atom. The molecule has 1 aromatic rings. The fraction of sp³-hybridized carbons (Fsp3) is 0.588. The number of carbonyl (C=O) groups is 1. The van der Waals surface area contributed by atoms with E-state index in [1.54, 1.807) is 13.0 Å². The monoisotopic (exact) mass is 293 g/mol. The van der Waals surface area contributed by atoms with Crippen molar-refractivity contribution in [2.75, 3.05) is 19.7 Å². The minimum Gasteiger partial charge on any atom is -0.466 e. The molecule has 0 aromatic heterocycles. The first kappa shape index (κ1) is 16.0. The average molecular weight is 293 g/mol. The highest BCUT2D eigenvalue weighted by molar-refractivity contribution is 5.70. The van der Waals surface area contributed by atoms with Gasteiger partial charge in [-0.3, -0.25) is 9.69 Å². The molecular weight excluding hydrogens is 269 g/mol. The molecule has 1 heterocycles. The van der Waals surface area contributed by atoms with Crippen molar-refractivity contribution >= 4 is 5.97 Å². The lowest BCUT2D eigenvalue weighted by Gasteiger charge is -2.34. The van der Waals surface area contributed by atoms with Gasteiger partial charge in [0.1, 0.15) is 5.82 Å². The summed E-state index contributed by atoms with van der Waals surface area (Å²) in [4.78, 5) is 14.2. The average Bonchev–Trinajstić information content (AvgIpc) is 2.49. The van der Waals surface area contributed by atoms with Gasteiger partial charge < -0.3 is 4.74 Å². The first-order valence-electron chi connectivity index (χ1n) is 7.77. The highest BCUT2D eigenvalue weighted by Gasteiger charge is 2.25. The number of benzene rings is 1. The fourth-order valence-corrected chi connectivity index (χ4v) is 2.94. The van der Waals surface area contributed by atoms with Crippen molar-refractivity contribution in [3.8, 4) is 0 Å². The summed E-state index contributed by atoms with van der Waals surface area (Å²) < 4.78 is 18.6. The van der Waals surface area contributed by atoms with Crippen LogP contribution < -0.4 is 0 Å². The van der Waals surface area contributed by atoms with Crippen molar-refractivity contribution in [1.82, 2.24) is 4.90 Å². The van der Waals surface area contributed by atoms with Crippen molar-refractivity contribution in [3.63, 3.8) is 0 Å². The number of hydrogen-bond acceptors (Lipinski definition) is 3. The summed E-state index contributed by atoms with van der Waals surface area (Å²) in [7, 11) is 0. The number of nitrogens with zero attached hydrogens (tertiary/aromatic N) is 1. The number of ether oxygens (including phenoxy) is 1. The van der Waals surface area contributed by atoms with Gasteiger partial charge in [-0.2, -0.15) is 0 Å². The predicted molar refractivity (Wildman–Crippen MR) is 80.6 cm³/mol. The topological polar surface area (TPSA) is 29.5 Å². The number of rotatable bonds is 5. The third kappa shape index (κ3) is 4.27. The number of likely N-dealkylation sites (tertiary alicyclic amines) is 1. The Balaban J connectivity index is 2.20. The molecule has 0 bridgehead atoms. The van der Waals surface area contributed by atoms with E-state index in [0.717, 1.165) is 31.5 Å². The Morgan fingerprint density at radius 1 is 1.33 bits per heavy atom. The zero-order valence-corrected chi connectivity index (χ0v) is 12.9. The quantitative estimate of drug-likeness (QED) is 0.777. The summed E-state index contributed by atoms with van der Waals surface area (Å²) in [6.07, 6.45) is 3.88. The standard InChI is InChI=1S/C17H24FNO2/c1-3-21-17(20)12-16(19-9-5-4-6-10-19)14-7-8-15(18)13(2)11-14/h7-8,11,16H,3-6,9-10,12H2,1-2H3. The molecule has 1 aromatic carbocycles. The van der Waals surface area contributed by atoms with Gasteiger partial charge in [0, 0.05) is 6.04 Å². The zero-order valence-electron chi connectivity index (χ0n) is 12.9. The Bertz CT molecular complexity index is 484. The molecular formula is C17H24FNO2. The minimum absolute atomic E-state index is 0.0105. The highest BCUT2D eigenvalue weighted by Crippen LogP contribution is 2.29. The van der Waals surface area contributed by atoms with Crippen LogP contribution in [0, 0.1) is 12.7 Å². The minimum atomic E-state index is -0.202. The van der Waals surface area contributed by atoms with Crippen molar-refractivity contribution < 1.29 is 13.9 Å². The van der Waals surface area contributed by atoms with E-state index >= 15 is 0 Å². The van der Waals surface area contributed by atoms with Crippen LogP contribution >= 0.6 is 0 Å². The summed E-state index contributed by atoms with van der Waals surface area (Å²) in [5.74, 6) is -0.387. The molecule has 0 saturated carbocycles. The second kappa shape index (κ2) is 7.55. The molecule has 1 saturated heterocycles. The van der Waals surface area contributed by atoms with Crippen molar-refractivity contribution in [1.29, 1.82) is 0 Å². The van der Waals surface area contributed by atoms with E-state index in [4.69, 9.17) is 4.74 Å². The number of esters is 1. The van der Waals surface area contributed by atoms with Crippen LogP contribution in [0.15, 0.2) is 18.2 Å². The molecule has 1 unspecified atom stereocenters. The van der Waals surface area contributed by atoms with Crippen LogP contribution in [0.5, 0.6) is 0 Å². The third-order valence-electron chi connectivity index (χ3n) is 4.06. The van der Waals surface area contributed by atoms with E-state index in [2.05, 4.69) is 4.90 Å². The van der Waals surface area contributed by atoms with Gasteiger partial charge >= 0.3 is 5.97 Å². The highest BCUT2D eigenvalue weighted by atomic mass is 19.1. The number of piperidine rings is 1. The first-order valence-corrected chi connectivity index (χ1v) is 7.77. The Labute approximate surface area is 126 Å². The van der Waals surface area contributed by atoms with Crippen LogP contribution in [0.25, 0.3) is 0 Å². The van der Waals surface area contributed by atoms with Gasteiger partial charge in [-0.15, -0.1) is 0 Å². The van der Waals surface area contributed by atoms with Crippen LogP contribution in [0.1, 0.15) is 49.8 Å². The SMILES string of the molecule is CCOC(=O)CC(c1ccc(F)c(C)c1)N1CCCCC1. The van der Waals surface area contributed by atoms with Crippen LogP contribution in [0.3, 0.4) is 0 Å². The van der Waals surface area contributed by atoms with Crippen LogP contribution in [0.2, 0.25) is 0 Å². The molecule has 3 nitrogen and oxygen atoms in total. The zero-order chi connectivity index (χ0) is 15.2. The van der Waals surface area contributed by atoms with Gasteiger partial charge in [-0.1, -0.05) is 18.6 Å². The van der Waals surface area contributed by atoms with E-state index < -0.39 is 0 Å². The van der Waals surface area contributed by atoms with Gasteiger partial charge in [0.05, 0.1) is 13.0 Å². The fourth-order valence-electron chi connectivity index (χ4n) is 2.94. The Hall–Kier alpha value is -1.42. The smallest absolute Gasteiger partial charge is 0.307 e. The molecule has 1 aliphatic heterocycles. The van der Waals surface area contributed by atoms with Gasteiger partial charge in [0.15, 0.2) is 0 Å². The largest absolute Gasteiger partial charge is 0.466 e. The predicted octanol–water partition coefficient (Wildman–Crippen LogP) is 3.61. The van der Waals surface area contributed by atoms with Crippen molar-refractivity contribution in [2.24, 2.45) is 0 Å². The van der Waals surface area contributed by atoms with Gasteiger partial charge in [0.2, 0.25) is 0 Å². The molecule has 0 radical (unpaired) electrons. The summed E-state index contributed by atoms with van der Waals surface area (Å²) in [5.41, 5.74) is 1.63. The first-order chi connectivity index (χ1) is 10.1. The molecule has 1 fully saturated rings. The molecule has 0 N–H and O–H groups in total. The van der Waals surface area contributed by atoms with Gasteiger partial charge in [0.25, 0.3) is 0 Å². The molecule has 0 amide bonds. The van der Waals surface area contributed by atoms with Gasteiger partial charge in [-0.05, 0) is 57.0 Å². The summed E-state index contributed by atoms with van der Waals surface area (Å²) in [5, 5.41) is 0. The lowest BCUT2D eigenvalue weighted by Crippen LogP contribution is -2.35. The van der Waals surface area contributed by atoms with Gasteiger partial charge in [-0.25, -0.2) is 4.39 Å². The van der Waals surface area contributed by atoms with Crippen LogP contribution in [-0.2, 0) is 9.53 Å². The third-order valence-corrected chi connectivity index (χ3v) is 4.06. The number of carbonyl (C=O) groups excluding carboxylic acids is 1. The van der Waals surface area contributed by atoms with E-state index in [1.807, 2.05) is 13.0 Å². The summed E-state index contributed by atoms with van der Waals surface area (Å²) in [6, 6.07) is 5.13. The molecule has 21 heavy (non-hydrogen) atoms. The molecule has 0 spiro atoms. The normalized spacial score (nSPS) is 17.5. The van der Waals surface area contributed by atoms with Crippen molar-refractivity contribution in [3.05, 3.63) is 35.1 Å². The number of aryl methyl sites for hydroxylation is 1. The summed E-state index contributed by atoms with van der Waals surface area (Å²) in [6.45, 7) is 5.95.